The van der Waals surface area contributed by atoms with Gasteiger partial charge in [0.2, 0.25) is 0 Å². The molecule has 18 heavy (non-hydrogen) atoms. The maximum Gasteiger partial charge on any atom is 0.323 e. The highest BCUT2D eigenvalue weighted by Gasteiger charge is 2.52. The van der Waals surface area contributed by atoms with Crippen LogP contribution in [0.3, 0.4) is 0 Å². The summed E-state index contributed by atoms with van der Waals surface area (Å²) in [5.74, 6) is -1.69. The van der Waals surface area contributed by atoms with Gasteiger partial charge in [-0.3, -0.25) is 9.59 Å². The summed E-state index contributed by atoms with van der Waals surface area (Å²) < 4.78 is 5.03. The van der Waals surface area contributed by atoms with E-state index in [1.807, 2.05) is 27.7 Å². The molecule has 0 saturated heterocycles. The highest BCUT2D eigenvalue weighted by atomic mass is 16.5. The van der Waals surface area contributed by atoms with E-state index < -0.39 is 17.4 Å². The second-order valence-electron chi connectivity index (χ2n) is 5.11. The Labute approximate surface area is 110 Å². The largest absolute Gasteiger partial charge is 0.480 e. The standard InChI is InChI=1S/C14H26O4/c1-6-11(7-2)14(12(15)16,9-10(4)5)13(17)18-8-3/h10-11H,6-9H2,1-5H3,(H,15,16). The van der Waals surface area contributed by atoms with Crippen LogP contribution in [0, 0.1) is 17.3 Å². The molecule has 0 aromatic heterocycles. The van der Waals surface area contributed by atoms with Crippen molar-refractivity contribution >= 4 is 11.9 Å². The molecule has 0 aromatic carbocycles. The maximum absolute atomic E-state index is 12.2. The quantitative estimate of drug-likeness (QED) is 0.536. The number of rotatable bonds is 8. The van der Waals surface area contributed by atoms with Crippen LogP contribution in [-0.4, -0.2) is 23.7 Å². The van der Waals surface area contributed by atoms with Gasteiger partial charge in [-0.15, -0.1) is 0 Å². The maximum atomic E-state index is 12.2. The molecule has 0 spiro atoms. The monoisotopic (exact) mass is 258 g/mol. The van der Waals surface area contributed by atoms with Gasteiger partial charge < -0.3 is 9.84 Å². The van der Waals surface area contributed by atoms with Crippen LogP contribution >= 0.6 is 0 Å². The van der Waals surface area contributed by atoms with Crippen LogP contribution in [0.15, 0.2) is 0 Å². The van der Waals surface area contributed by atoms with Gasteiger partial charge in [-0.1, -0.05) is 40.5 Å². The molecule has 0 aliphatic carbocycles. The number of carboxylic acid groups (broad SMARTS) is 1. The van der Waals surface area contributed by atoms with Crippen LogP contribution in [0.1, 0.15) is 53.9 Å². The molecule has 1 N–H and O–H groups in total. The average molecular weight is 258 g/mol. The van der Waals surface area contributed by atoms with Gasteiger partial charge >= 0.3 is 11.9 Å². The summed E-state index contributed by atoms with van der Waals surface area (Å²) in [6.07, 6.45) is 1.65. The summed E-state index contributed by atoms with van der Waals surface area (Å²) in [7, 11) is 0. The van der Waals surface area contributed by atoms with Crippen LogP contribution in [0.5, 0.6) is 0 Å². The molecule has 0 heterocycles. The van der Waals surface area contributed by atoms with Gasteiger partial charge in [0.1, 0.15) is 0 Å². The third-order valence-electron chi connectivity index (χ3n) is 3.43. The molecule has 0 rings (SSSR count). The molecule has 0 aliphatic rings. The predicted molar refractivity (Wildman–Crippen MR) is 70.2 cm³/mol. The normalized spacial score (nSPS) is 14.6. The van der Waals surface area contributed by atoms with E-state index in [9.17, 15) is 14.7 Å². The molecule has 0 aliphatic heterocycles. The Morgan fingerprint density at radius 2 is 1.67 bits per heavy atom. The Morgan fingerprint density at radius 1 is 1.17 bits per heavy atom. The molecule has 0 amide bonds. The summed E-state index contributed by atoms with van der Waals surface area (Å²) in [4.78, 5) is 23.9. The lowest BCUT2D eigenvalue weighted by atomic mass is 9.68. The smallest absolute Gasteiger partial charge is 0.323 e. The minimum Gasteiger partial charge on any atom is -0.480 e. The second-order valence-corrected chi connectivity index (χ2v) is 5.11. The Balaban J connectivity index is 5.54. The minimum absolute atomic E-state index is 0.131. The topological polar surface area (TPSA) is 63.6 Å². The molecule has 0 radical (unpaired) electrons. The summed E-state index contributed by atoms with van der Waals surface area (Å²) in [5.41, 5.74) is -1.40. The first-order valence-corrected chi connectivity index (χ1v) is 6.77. The number of hydrogen-bond acceptors (Lipinski definition) is 3. The molecule has 0 fully saturated rings. The van der Waals surface area contributed by atoms with E-state index in [-0.39, 0.29) is 18.4 Å². The van der Waals surface area contributed by atoms with E-state index in [2.05, 4.69) is 0 Å². The Kier molecular flexibility index (Phi) is 6.96. The van der Waals surface area contributed by atoms with Gasteiger partial charge in [-0.2, -0.15) is 0 Å². The van der Waals surface area contributed by atoms with Gasteiger partial charge in [0.05, 0.1) is 6.61 Å². The number of hydrogen-bond donors (Lipinski definition) is 1. The fourth-order valence-electron chi connectivity index (χ4n) is 2.66. The lowest BCUT2D eigenvalue weighted by molar-refractivity contribution is -0.175. The molecule has 1 atom stereocenters. The minimum atomic E-state index is -1.40. The first-order valence-electron chi connectivity index (χ1n) is 6.77. The van der Waals surface area contributed by atoms with Crippen LogP contribution in [0.2, 0.25) is 0 Å². The number of carboxylic acids is 1. The predicted octanol–water partition coefficient (Wildman–Crippen LogP) is 3.10. The molecule has 4 nitrogen and oxygen atoms in total. The van der Waals surface area contributed by atoms with Crippen molar-refractivity contribution in [3.63, 3.8) is 0 Å². The van der Waals surface area contributed by atoms with Crippen LogP contribution in [0.4, 0.5) is 0 Å². The highest BCUT2D eigenvalue weighted by molar-refractivity contribution is 5.99. The van der Waals surface area contributed by atoms with Crippen molar-refractivity contribution in [3.05, 3.63) is 0 Å². The average Bonchev–Trinajstić information content (AvgIpc) is 2.28. The molecular formula is C14H26O4. The summed E-state index contributed by atoms with van der Waals surface area (Å²) in [6, 6.07) is 0. The Hall–Kier alpha value is -1.06. The van der Waals surface area contributed by atoms with Gasteiger partial charge in [-0.25, -0.2) is 0 Å². The van der Waals surface area contributed by atoms with E-state index >= 15 is 0 Å². The van der Waals surface area contributed by atoms with Gasteiger partial charge in [0.25, 0.3) is 0 Å². The molecule has 4 heteroatoms. The molecule has 0 aromatic rings. The van der Waals surface area contributed by atoms with Crippen LogP contribution in [-0.2, 0) is 14.3 Å². The van der Waals surface area contributed by atoms with Gasteiger partial charge in [0, 0.05) is 0 Å². The van der Waals surface area contributed by atoms with E-state index in [1.54, 1.807) is 6.92 Å². The van der Waals surface area contributed by atoms with Gasteiger partial charge in [0.15, 0.2) is 5.41 Å². The first-order chi connectivity index (χ1) is 8.36. The summed E-state index contributed by atoms with van der Waals surface area (Å²) in [5, 5.41) is 9.60. The zero-order valence-corrected chi connectivity index (χ0v) is 12.2. The second kappa shape index (κ2) is 7.39. The Morgan fingerprint density at radius 3 is 1.94 bits per heavy atom. The summed E-state index contributed by atoms with van der Waals surface area (Å²) in [6.45, 7) is 9.62. The lowest BCUT2D eigenvalue weighted by Gasteiger charge is -2.35. The number of carbonyl (C=O) groups is 2. The van der Waals surface area contributed by atoms with Crippen molar-refractivity contribution < 1.29 is 19.4 Å². The first kappa shape index (κ1) is 16.9. The lowest BCUT2D eigenvalue weighted by Crippen LogP contribution is -2.47. The van der Waals surface area contributed by atoms with Crippen molar-refractivity contribution in [1.82, 2.24) is 0 Å². The molecule has 106 valence electrons. The van der Waals surface area contributed by atoms with E-state index in [0.717, 1.165) is 0 Å². The van der Waals surface area contributed by atoms with Crippen molar-refractivity contribution in [2.45, 2.75) is 53.9 Å². The molecule has 0 saturated carbocycles. The van der Waals surface area contributed by atoms with E-state index in [1.165, 1.54) is 0 Å². The zero-order valence-electron chi connectivity index (χ0n) is 12.2. The van der Waals surface area contributed by atoms with Crippen LogP contribution in [0.25, 0.3) is 0 Å². The van der Waals surface area contributed by atoms with Crippen molar-refractivity contribution in [1.29, 1.82) is 0 Å². The molecule has 0 bridgehead atoms. The van der Waals surface area contributed by atoms with Crippen molar-refractivity contribution in [3.8, 4) is 0 Å². The summed E-state index contributed by atoms with van der Waals surface area (Å²) >= 11 is 0. The highest BCUT2D eigenvalue weighted by Crippen LogP contribution is 2.40. The third-order valence-corrected chi connectivity index (χ3v) is 3.43. The molecular weight excluding hydrogens is 232 g/mol. The third kappa shape index (κ3) is 3.47. The number of carbonyl (C=O) groups excluding carboxylic acids is 1. The van der Waals surface area contributed by atoms with E-state index in [0.29, 0.717) is 19.3 Å². The van der Waals surface area contributed by atoms with Crippen molar-refractivity contribution in [2.75, 3.05) is 6.61 Å². The SMILES string of the molecule is CCOC(=O)C(CC(C)C)(C(=O)O)C(CC)CC. The number of aliphatic carboxylic acids is 1. The fourth-order valence-corrected chi connectivity index (χ4v) is 2.66. The zero-order chi connectivity index (χ0) is 14.3. The number of esters is 1. The Bertz CT molecular complexity index is 282. The van der Waals surface area contributed by atoms with Crippen molar-refractivity contribution in [2.24, 2.45) is 17.3 Å². The fraction of sp³-hybridized carbons (Fsp3) is 0.857. The van der Waals surface area contributed by atoms with E-state index in [4.69, 9.17) is 4.74 Å². The van der Waals surface area contributed by atoms with Gasteiger partial charge in [-0.05, 0) is 25.2 Å². The van der Waals surface area contributed by atoms with Crippen LogP contribution < -0.4 is 0 Å². The number of ether oxygens (including phenoxy) is 1. The molecule has 1 unspecified atom stereocenters.